The minimum atomic E-state index is 0.290. The van der Waals surface area contributed by atoms with Crippen molar-refractivity contribution in [3.8, 4) is 11.5 Å². The van der Waals surface area contributed by atoms with Crippen molar-refractivity contribution in [2.45, 2.75) is 20.4 Å². The molecule has 0 aromatic heterocycles. The van der Waals surface area contributed by atoms with Crippen molar-refractivity contribution in [2.24, 2.45) is 0 Å². The summed E-state index contributed by atoms with van der Waals surface area (Å²) in [4.78, 5) is 0. The van der Waals surface area contributed by atoms with Crippen molar-refractivity contribution in [1.29, 1.82) is 0 Å². The van der Waals surface area contributed by atoms with E-state index in [-0.39, 0.29) is 5.75 Å². The molecule has 0 heterocycles. The quantitative estimate of drug-likeness (QED) is 0.802. The minimum Gasteiger partial charge on any atom is -0.508 e. The Morgan fingerprint density at radius 3 is 2.68 bits per heavy atom. The number of para-hydroxylation sites is 1. The van der Waals surface area contributed by atoms with Crippen LogP contribution in [0.2, 0.25) is 0 Å². The van der Waals surface area contributed by atoms with Crippen LogP contribution in [0.25, 0.3) is 0 Å². The molecule has 2 aromatic carbocycles. The fourth-order valence-corrected chi connectivity index (χ4v) is 1.98. The summed E-state index contributed by atoms with van der Waals surface area (Å²) in [5.41, 5.74) is 3.16. The molecule has 0 aliphatic rings. The van der Waals surface area contributed by atoms with Crippen LogP contribution in [0.5, 0.6) is 11.5 Å². The third kappa shape index (κ3) is 3.41. The summed E-state index contributed by atoms with van der Waals surface area (Å²) >= 11 is 0. The third-order valence-electron chi connectivity index (χ3n) is 2.95. The van der Waals surface area contributed by atoms with Crippen LogP contribution in [0.1, 0.15) is 18.1 Å². The summed E-state index contributed by atoms with van der Waals surface area (Å²) in [6, 6.07) is 13.3. The van der Waals surface area contributed by atoms with Gasteiger partial charge in [-0.1, -0.05) is 18.2 Å². The second-order valence-electron chi connectivity index (χ2n) is 4.39. The number of phenolic OH excluding ortho intramolecular Hbond substituents is 1. The molecule has 3 nitrogen and oxygen atoms in total. The standard InChI is InChI=1S/C16H19NO2/c1-3-19-16-7-5-4-6-13(16)11-17-15-9-8-14(18)10-12(15)2/h4-10,17-18H,3,11H2,1-2H3. The molecule has 0 radical (unpaired) electrons. The molecule has 0 fully saturated rings. The number of hydrogen-bond donors (Lipinski definition) is 2. The molecule has 0 atom stereocenters. The highest BCUT2D eigenvalue weighted by Gasteiger charge is 2.04. The number of rotatable bonds is 5. The van der Waals surface area contributed by atoms with Gasteiger partial charge in [-0.05, 0) is 43.7 Å². The third-order valence-corrected chi connectivity index (χ3v) is 2.95. The second-order valence-corrected chi connectivity index (χ2v) is 4.39. The van der Waals surface area contributed by atoms with Gasteiger partial charge in [-0.25, -0.2) is 0 Å². The van der Waals surface area contributed by atoms with E-state index in [2.05, 4.69) is 5.32 Å². The molecule has 0 unspecified atom stereocenters. The monoisotopic (exact) mass is 257 g/mol. The van der Waals surface area contributed by atoms with Crippen LogP contribution in [0.15, 0.2) is 42.5 Å². The zero-order valence-electron chi connectivity index (χ0n) is 11.3. The molecule has 2 aromatic rings. The number of nitrogens with one attached hydrogen (secondary N) is 1. The van der Waals surface area contributed by atoms with Gasteiger partial charge in [0.05, 0.1) is 6.61 Å². The van der Waals surface area contributed by atoms with Crippen molar-refractivity contribution >= 4 is 5.69 Å². The van der Waals surface area contributed by atoms with Crippen molar-refractivity contribution in [1.82, 2.24) is 0 Å². The number of aryl methyl sites for hydroxylation is 1. The van der Waals surface area contributed by atoms with Crippen LogP contribution in [0.4, 0.5) is 5.69 Å². The summed E-state index contributed by atoms with van der Waals surface area (Å²) in [5.74, 6) is 1.20. The fraction of sp³-hybridized carbons (Fsp3) is 0.250. The Kier molecular flexibility index (Phi) is 4.29. The molecule has 3 heteroatoms. The largest absolute Gasteiger partial charge is 0.508 e. The average Bonchev–Trinajstić information content (AvgIpc) is 2.40. The lowest BCUT2D eigenvalue weighted by molar-refractivity contribution is 0.337. The molecule has 2 rings (SSSR count). The number of anilines is 1. The van der Waals surface area contributed by atoms with Crippen LogP contribution in [0, 0.1) is 6.92 Å². The van der Waals surface area contributed by atoms with Gasteiger partial charge < -0.3 is 15.2 Å². The summed E-state index contributed by atoms with van der Waals surface area (Å²) in [6.07, 6.45) is 0. The molecule has 0 aliphatic carbocycles. The Morgan fingerprint density at radius 1 is 1.16 bits per heavy atom. The highest BCUT2D eigenvalue weighted by Crippen LogP contribution is 2.23. The molecular weight excluding hydrogens is 238 g/mol. The Balaban J connectivity index is 2.10. The predicted octanol–water partition coefficient (Wildman–Crippen LogP) is 3.71. The topological polar surface area (TPSA) is 41.5 Å². The van der Waals surface area contributed by atoms with Gasteiger partial charge >= 0.3 is 0 Å². The van der Waals surface area contributed by atoms with Gasteiger partial charge in [0.2, 0.25) is 0 Å². The predicted molar refractivity (Wildman–Crippen MR) is 77.8 cm³/mol. The zero-order valence-corrected chi connectivity index (χ0v) is 11.3. The van der Waals surface area contributed by atoms with Crippen LogP contribution >= 0.6 is 0 Å². The highest BCUT2D eigenvalue weighted by atomic mass is 16.5. The lowest BCUT2D eigenvalue weighted by atomic mass is 10.1. The van der Waals surface area contributed by atoms with Gasteiger partial charge in [-0.3, -0.25) is 0 Å². The van der Waals surface area contributed by atoms with Gasteiger partial charge in [0.15, 0.2) is 0 Å². The molecule has 0 spiro atoms. The van der Waals surface area contributed by atoms with Crippen molar-refractivity contribution < 1.29 is 9.84 Å². The van der Waals surface area contributed by atoms with Gasteiger partial charge in [-0.2, -0.15) is 0 Å². The maximum absolute atomic E-state index is 9.39. The van der Waals surface area contributed by atoms with E-state index >= 15 is 0 Å². The van der Waals surface area contributed by atoms with E-state index in [0.29, 0.717) is 13.2 Å². The maximum atomic E-state index is 9.39. The van der Waals surface area contributed by atoms with Gasteiger partial charge in [0.1, 0.15) is 11.5 Å². The number of aromatic hydroxyl groups is 1. The average molecular weight is 257 g/mol. The van der Waals surface area contributed by atoms with Crippen molar-refractivity contribution in [2.75, 3.05) is 11.9 Å². The zero-order chi connectivity index (χ0) is 13.7. The lowest BCUT2D eigenvalue weighted by Crippen LogP contribution is -2.04. The first-order valence-corrected chi connectivity index (χ1v) is 6.45. The molecule has 2 N–H and O–H groups in total. The van der Waals surface area contributed by atoms with E-state index in [9.17, 15) is 5.11 Å². The molecular formula is C16H19NO2. The summed E-state index contributed by atoms with van der Waals surface area (Å²) < 4.78 is 5.59. The van der Waals surface area contributed by atoms with E-state index in [4.69, 9.17) is 4.74 Å². The smallest absolute Gasteiger partial charge is 0.124 e. The summed E-state index contributed by atoms with van der Waals surface area (Å²) in [5, 5.41) is 12.8. The van der Waals surface area contributed by atoms with E-state index in [1.807, 2.05) is 44.2 Å². The Bertz CT molecular complexity index is 552. The van der Waals surface area contributed by atoms with E-state index < -0.39 is 0 Å². The van der Waals surface area contributed by atoms with Gasteiger partial charge in [-0.15, -0.1) is 0 Å². The van der Waals surface area contributed by atoms with Crippen LogP contribution in [-0.2, 0) is 6.54 Å². The van der Waals surface area contributed by atoms with Crippen LogP contribution in [0.3, 0.4) is 0 Å². The number of phenols is 1. The molecule has 0 amide bonds. The van der Waals surface area contributed by atoms with Crippen molar-refractivity contribution in [3.63, 3.8) is 0 Å². The Labute approximate surface area is 113 Å². The normalized spacial score (nSPS) is 10.2. The van der Waals surface area contributed by atoms with Gasteiger partial charge in [0.25, 0.3) is 0 Å². The van der Waals surface area contributed by atoms with E-state index in [1.54, 1.807) is 12.1 Å². The lowest BCUT2D eigenvalue weighted by Gasteiger charge is -2.13. The number of ether oxygens (including phenoxy) is 1. The molecule has 0 aliphatic heterocycles. The molecule has 0 saturated carbocycles. The maximum Gasteiger partial charge on any atom is 0.124 e. The first kappa shape index (κ1) is 13.3. The highest BCUT2D eigenvalue weighted by molar-refractivity contribution is 5.54. The van der Waals surface area contributed by atoms with Gasteiger partial charge in [0, 0.05) is 17.8 Å². The Morgan fingerprint density at radius 2 is 1.95 bits per heavy atom. The summed E-state index contributed by atoms with van der Waals surface area (Å²) in [7, 11) is 0. The fourth-order valence-electron chi connectivity index (χ4n) is 1.98. The number of hydrogen-bond acceptors (Lipinski definition) is 3. The molecule has 100 valence electrons. The molecule has 0 saturated heterocycles. The molecule has 0 bridgehead atoms. The second kappa shape index (κ2) is 6.14. The Hall–Kier alpha value is -2.16. The first-order chi connectivity index (χ1) is 9.20. The van der Waals surface area contributed by atoms with E-state index in [1.165, 1.54) is 0 Å². The SMILES string of the molecule is CCOc1ccccc1CNc1ccc(O)cc1C. The summed E-state index contributed by atoms with van der Waals surface area (Å²) in [6.45, 7) is 5.31. The van der Waals surface area contributed by atoms with Crippen LogP contribution < -0.4 is 10.1 Å². The first-order valence-electron chi connectivity index (χ1n) is 6.45. The van der Waals surface area contributed by atoms with E-state index in [0.717, 1.165) is 22.6 Å². The number of benzene rings is 2. The molecule has 19 heavy (non-hydrogen) atoms. The minimum absolute atomic E-state index is 0.290. The van der Waals surface area contributed by atoms with Crippen LogP contribution in [-0.4, -0.2) is 11.7 Å². The van der Waals surface area contributed by atoms with Crippen molar-refractivity contribution in [3.05, 3.63) is 53.6 Å².